The number of nitrogens with one attached hydrogen (secondary N) is 1. The molecule has 1 N–H and O–H groups in total. The number of fused-ring (bicyclic) bond motifs is 1. The number of alkyl halides is 3. The third kappa shape index (κ3) is 2.93. The van der Waals surface area contributed by atoms with Gasteiger partial charge in [0.15, 0.2) is 5.82 Å². The first kappa shape index (κ1) is 14.8. The monoisotopic (exact) mass is 302 g/mol. The number of rotatable bonds is 1. The van der Waals surface area contributed by atoms with Gasteiger partial charge in [-0.05, 0) is 0 Å². The van der Waals surface area contributed by atoms with Gasteiger partial charge in [-0.15, -0.1) is 10.2 Å². The van der Waals surface area contributed by atoms with Crippen LogP contribution >= 0.6 is 0 Å². The zero-order chi connectivity index (χ0) is 15.6. The average molecular weight is 302 g/mol. The van der Waals surface area contributed by atoms with Crippen LogP contribution in [-0.2, 0) is 28.9 Å². The van der Waals surface area contributed by atoms with Crippen molar-refractivity contribution in [2.24, 2.45) is 0 Å². The van der Waals surface area contributed by atoms with Crippen LogP contribution in [-0.4, -0.2) is 44.6 Å². The van der Waals surface area contributed by atoms with E-state index < -0.39 is 23.8 Å². The summed E-state index contributed by atoms with van der Waals surface area (Å²) in [4.78, 5) is 24.2. The molecule has 8 nitrogen and oxygen atoms in total. The van der Waals surface area contributed by atoms with Crippen molar-refractivity contribution in [2.45, 2.75) is 19.3 Å². The summed E-state index contributed by atoms with van der Waals surface area (Å²) in [7, 11) is 0. The van der Waals surface area contributed by atoms with Crippen molar-refractivity contribution in [3.05, 3.63) is 11.6 Å². The Kier molecular flexibility index (Phi) is 3.79. The van der Waals surface area contributed by atoms with Crippen LogP contribution in [0.1, 0.15) is 11.6 Å². The SMILES string of the molecule is N#CCNC(=O)C(=O)N1CCn2c(nnc2C(F)(F)F)C1. The van der Waals surface area contributed by atoms with Crippen LogP contribution < -0.4 is 5.32 Å². The minimum absolute atomic E-state index is 0.0463. The molecule has 0 radical (unpaired) electrons. The number of amides is 2. The summed E-state index contributed by atoms with van der Waals surface area (Å²) in [5, 5.41) is 16.8. The van der Waals surface area contributed by atoms with Crippen molar-refractivity contribution in [3.63, 3.8) is 0 Å². The van der Waals surface area contributed by atoms with Crippen LogP contribution in [0.2, 0.25) is 0 Å². The highest BCUT2D eigenvalue weighted by atomic mass is 19.4. The lowest BCUT2D eigenvalue weighted by Gasteiger charge is -2.27. The van der Waals surface area contributed by atoms with Crippen molar-refractivity contribution in [1.29, 1.82) is 5.26 Å². The molecule has 11 heteroatoms. The van der Waals surface area contributed by atoms with E-state index in [0.29, 0.717) is 0 Å². The Morgan fingerprint density at radius 2 is 2.05 bits per heavy atom. The van der Waals surface area contributed by atoms with E-state index >= 15 is 0 Å². The molecule has 0 fully saturated rings. The molecule has 0 spiro atoms. The highest BCUT2D eigenvalue weighted by Gasteiger charge is 2.40. The smallest absolute Gasteiger partial charge is 0.335 e. The molecule has 21 heavy (non-hydrogen) atoms. The molecule has 2 heterocycles. The van der Waals surface area contributed by atoms with Crippen LogP contribution in [0.15, 0.2) is 0 Å². The van der Waals surface area contributed by atoms with Crippen molar-refractivity contribution in [1.82, 2.24) is 25.0 Å². The first-order valence-electron chi connectivity index (χ1n) is 5.78. The van der Waals surface area contributed by atoms with Gasteiger partial charge >= 0.3 is 18.0 Å². The van der Waals surface area contributed by atoms with E-state index in [0.717, 1.165) is 9.47 Å². The number of nitriles is 1. The second kappa shape index (κ2) is 5.39. The highest BCUT2D eigenvalue weighted by molar-refractivity contribution is 6.35. The molecule has 2 rings (SSSR count). The Hall–Kier alpha value is -2.64. The molecule has 2 amide bonds. The number of halogens is 3. The summed E-state index contributed by atoms with van der Waals surface area (Å²) in [5.41, 5.74) is 0. The number of hydrogen-bond donors (Lipinski definition) is 1. The molecule has 1 aromatic heterocycles. The third-order valence-corrected chi connectivity index (χ3v) is 2.82. The zero-order valence-corrected chi connectivity index (χ0v) is 10.5. The van der Waals surface area contributed by atoms with Gasteiger partial charge in [0, 0.05) is 13.1 Å². The molecular formula is C10H9F3N6O2. The van der Waals surface area contributed by atoms with Crippen molar-refractivity contribution in [2.75, 3.05) is 13.1 Å². The highest BCUT2D eigenvalue weighted by Crippen LogP contribution is 2.29. The van der Waals surface area contributed by atoms with E-state index in [2.05, 4.69) is 15.5 Å². The Labute approximate surface area is 116 Å². The van der Waals surface area contributed by atoms with Gasteiger partial charge in [0.2, 0.25) is 5.82 Å². The van der Waals surface area contributed by atoms with E-state index in [1.807, 2.05) is 0 Å². The Morgan fingerprint density at radius 3 is 2.67 bits per heavy atom. The lowest BCUT2D eigenvalue weighted by molar-refractivity contribution is -0.150. The largest absolute Gasteiger partial charge is 0.451 e. The normalized spacial score (nSPS) is 14.3. The van der Waals surface area contributed by atoms with Crippen molar-refractivity contribution >= 4 is 11.8 Å². The van der Waals surface area contributed by atoms with Gasteiger partial charge in [-0.2, -0.15) is 18.4 Å². The topological polar surface area (TPSA) is 104 Å². The summed E-state index contributed by atoms with van der Waals surface area (Å²) in [6.45, 7) is -0.809. The Bertz CT molecular complexity index is 617. The first-order chi connectivity index (χ1) is 9.84. The van der Waals surface area contributed by atoms with Gasteiger partial charge in [0.05, 0.1) is 12.6 Å². The van der Waals surface area contributed by atoms with E-state index in [1.165, 1.54) is 0 Å². The second-order valence-electron chi connectivity index (χ2n) is 4.16. The Morgan fingerprint density at radius 1 is 1.33 bits per heavy atom. The molecule has 1 aliphatic rings. The summed E-state index contributed by atoms with van der Waals surface area (Å²) in [6.07, 6.45) is -4.62. The molecule has 0 saturated heterocycles. The zero-order valence-electron chi connectivity index (χ0n) is 10.5. The van der Waals surface area contributed by atoms with E-state index in [1.54, 1.807) is 6.07 Å². The predicted molar refractivity (Wildman–Crippen MR) is 59.1 cm³/mol. The second-order valence-corrected chi connectivity index (χ2v) is 4.16. The fourth-order valence-corrected chi connectivity index (χ4v) is 1.88. The van der Waals surface area contributed by atoms with Crippen LogP contribution in [0, 0.1) is 11.3 Å². The van der Waals surface area contributed by atoms with Gasteiger partial charge in [-0.25, -0.2) is 0 Å². The van der Waals surface area contributed by atoms with Crippen LogP contribution in [0.4, 0.5) is 13.2 Å². The molecule has 0 bridgehead atoms. The number of carbonyl (C=O) groups is 2. The van der Waals surface area contributed by atoms with Crippen LogP contribution in [0.5, 0.6) is 0 Å². The third-order valence-electron chi connectivity index (χ3n) is 2.82. The number of nitrogens with zero attached hydrogens (tertiary/aromatic N) is 5. The van der Waals surface area contributed by atoms with Gasteiger partial charge in [-0.3, -0.25) is 9.59 Å². The van der Waals surface area contributed by atoms with Gasteiger partial charge < -0.3 is 14.8 Å². The fourth-order valence-electron chi connectivity index (χ4n) is 1.88. The average Bonchev–Trinajstić information content (AvgIpc) is 2.86. The maximum atomic E-state index is 12.6. The summed E-state index contributed by atoms with van der Waals surface area (Å²) in [6, 6.07) is 1.64. The molecule has 112 valence electrons. The van der Waals surface area contributed by atoms with Gasteiger partial charge in [0.1, 0.15) is 6.54 Å². The summed E-state index contributed by atoms with van der Waals surface area (Å²) in [5.74, 6) is -3.08. The molecule has 0 unspecified atom stereocenters. The standard InChI is InChI=1S/C10H9F3N6O2/c11-10(12,13)9-17-16-6-5-18(3-4-19(6)9)8(21)7(20)15-2-1-14/h2-5H2,(H,15,20). The van der Waals surface area contributed by atoms with E-state index in [9.17, 15) is 22.8 Å². The van der Waals surface area contributed by atoms with Gasteiger partial charge in [0.25, 0.3) is 0 Å². The lowest BCUT2D eigenvalue weighted by Crippen LogP contribution is -2.46. The van der Waals surface area contributed by atoms with Gasteiger partial charge in [-0.1, -0.05) is 0 Å². The quantitative estimate of drug-likeness (QED) is 0.544. The predicted octanol–water partition coefficient (Wildman–Crippen LogP) is -0.721. The minimum atomic E-state index is -4.62. The minimum Gasteiger partial charge on any atom is -0.335 e. The molecule has 1 aliphatic heterocycles. The van der Waals surface area contributed by atoms with Crippen LogP contribution in [0.25, 0.3) is 0 Å². The molecule has 1 aromatic rings. The molecule has 0 atom stereocenters. The summed E-state index contributed by atoms with van der Waals surface area (Å²) >= 11 is 0. The summed E-state index contributed by atoms with van der Waals surface area (Å²) < 4.78 is 38.8. The van der Waals surface area contributed by atoms with Crippen molar-refractivity contribution < 1.29 is 22.8 Å². The first-order valence-corrected chi connectivity index (χ1v) is 5.78. The van der Waals surface area contributed by atoms with Crippen molar-refractivity contribution in [3.8, 4) is 6.07 Å². The maximum Gasteiger partial charge on any atom is 0.451 e. The van der Waals surface area contributed by atoms with E-state index in [-0.39, 0.29) is 32.0 Å². The number of carbonyl (C=O) groups excluding carboxylic acids is 2. The van der Waals surface area contributed by atoms with E-state index in [4.69, 9.17) is 5.26 Å². The molecule has 0 aromatic carbocycles. The van der Waals surface area contributed by atoms with Crippen LogP contribution in [0.3, 0.4) is 0 Å². The number of hydrogen-bond acceptors (Lipinski definition) is 5. The maximum absolute atomic E-state index is 12.6. The molecule has 0 aliphatic carbocycles. The fraction of sp³-hybridized carbons (Fsp3) is 0.500. The molecular weight excluding hydrogens is 293 g/mol. The molecule has 0 saturated carbocycles. The lowest BCUT2D eigenvalue weighted by atomic mass is 10.3. The number of aromatic nitrogens is 3. The Balaban J connectivity index is 2.11.